The second-order valence-corrected chi connectivity index (χ2v) is 7.35. The lowest BCUT2D eigenvalue weighted by Gasteiger charge is -2.26. The van der Waals surface area contributed by atoms with Gasteiger partial charge in [-0.05, 0) is 53.6 Å². The van der Waals surface area contributed by atoms with Gasteiger partial charge in [-0.2, -0.15) is 13.2 Å². The van der Waals surface area contributed by atoms with Crippen LogP contribution in [0.5, 0.6) is 11.5 Å². The Balaban J connectivity index is 1.76. The van der Waals surface area contributed by atoms with Crippen molar-refractivity contribution in [3.63, 3.8) is 0 Å². The molecule has 3 nitrogen and oxygen atoms in total. The highest BCUT2D eigenvalue weighted by Crippen LogP contribution is 2.34. The molecule has 0 amide bonds. The zero-order valence-electron chi connectivity index (χ0n) is 16.8. The van der Waals surface area contributed by atoms with E-state index in [0.717, 1.165) is 29.0 Å². The lowest BCUT2D eigenvalue weighted by molar-refractivity contribution is -0.137. The molecule has 0 fully saturated rings. The fraction of sp³-hybridized carbons (Fsp3) is 0.208. The number of carbonyl (C=O) groups is 1. The van der Waals surface area contributed by atoms with E-state index in [9.17, 15) is 18.0 Å². The fourth-order valence-corrected chi connectivity index (χ4v) is 3.10. The summed E-state index contributed by atoms with van der Waals surface area (Å²) in [4.78, 5) is 12.3. The van der Waals surface area contributed by atoms with Crippen LogP contribution in [0.3, 0.4) is 0 Å². The first kappa shape index (κ1) is 21.4. The molecule has 3 rings (SSSR count). The molecule has 156 valence electrons. The first-order chi connectivity index (χ1) is 14.1. The van der Waals surface area contributed by atoms with Crippen LogP contribution in [0.1, 0.15) is 40.9 Å². The zero-order valence-corrected chi connectivity index (χ0v) is 16.8. The molecule has 0 aliphatic rings. The van der Waals surface area contributed by atoms with E-state index in [1.165, 1.54) is 12.1 Å². The summed E-state index contributed by atoms with van der Waals surface area (Å²) in [7, 11) is 1.61. The highest BCUT2D eigenvalue weighted by atomic mass is 19.4. The molecule has 0 unspecified atom stereocenters. The highest BCUT2D eigenvalue weighted by Gasteiger charge is 2.31. The van der Waals surface area contributed by atoms with Crippen LogP contribution < -0.4 is 9.47 Å². The van der Waals surface area contributed by atoms with Crippen LogP contribution in [0, 0.1) is 0 Å². The Morgan fingerprint density at radius 3 is 1.80 bits per heavy atom. The molecule has 0 atom stereocenters. The number of ether oxygens (including phenoxy) is 2. The standard InChI is InChI=1S/C24H21F3O3/c1-23(2,17-7-11-20(29-3)12-8-17)18-9-13-21(14-10-18)30-22(28)16-5-4-6-19(15-16)24(25,26)27/h4-15H,1-3H3. The Morgan fingerprint density at radius 1 is 0.767 bits per heavy atom. The lowest BCUT2D eigenvalue weighted by Crippen LogP contribution is -2.18. The molecule has 0 radical (unpaired) electrons. The van der Waals surface area contributed by atoms with E-state index in [1.54, 1.807) is 19.2 Å². The van der Waals surface area contributed by atoms with E-state index >= 15 is 0 Å². The Kier molecular flexibility index (Phi) is 5.87. The third-order valence-electron chi connectivity index (χ3n) is 5.02. The molecule has 0 saturated heterocycles. The van der Waals surface area contributed by atoms with E-state index in [-0.39, 0.29) is 16.7 Å². The van der Waals surface area contributed by atoms with Gasteiger partial charge in [-0.15, -0.1) is 0 Å². The van der Waals surface area contributed by atoms with Crippen molar-refractivity contribution >= 4 is 5.97 Å². The number of rotatable bonds is 5. The molecule has 0 heterocycles. The minimum Gasteiger partial charge on any atom is -0.497 e. The van der Waals surface area contributed by atoms with Crippen LogP contribution in [0.4, 0.5) is 13.2 Å². The molecule has 6 heteroatoms. The van der Waals surface area contributed by atoms with E-state index in [4.69, 9.17) is 9.47 Å². The zero-order chi connectivity index (χ0) is 21.9. The first-order valence-corrected chi connectivity index (χ1v) is 9.26. The van der Waals surface area contributed by atoms with E-state index < -0.39 is 17.7 Å². The topological polar surface area (TPSA) is 35.5 Å². The Bertz CT molecular complexity index is 1020. The maximum atomic E-state index is 12.8. The molecule has 0 aliphatic carbocycles. The van der Waals surface area contributed by atoms with Crippen LogP contribution in [0.15, 0.2) is 72.8 Å². The van der Waals surface area contributed by atoms with Crippen LogP contribution in [-0.4, -0.2) is 13.1 Å². The monoisotopic (exact) mass is 414 g/mol. The van der Waals surface area contributed by atoms with Gasteiger partial charge in [-0.1, -0.05) is 44.2 Å². The summed E-state index contributed by atoms with van der Waals surface area (Å²) in [5.41, 5.74) is 0.708. The number of benzene rings is 3. The van der Waals surface area contributed by atoms with Crippen LogP contribution >= 0.6 is 0 Å². The highest BCUT2D eigenvalue weighted by molar-refractivity contribution is 5.91. The first-order valence-electron chi connectivity index (χ1n) is 9.26. The molecule has 0 N–H and O–H groups in total. The van der Waals surface area contributed by atoms with Crippen molar-refractivity contribution in [3.05, 3.63) is 95.1 Å². The number of alkyl halides is 3. The largest absolute Gasteiger partial charge is 0.497 e. The SMILES string of the molecule is COc1ccc(C(C)(C)c2ccc(OC(=O)c3cccc(C(F)(F)F)c3)cc2)cc1. The van der Waals surface area contributed by atoms with Gasteiger partial charge in [0.05, 0.1) is 18.2 Å². The second kappa shape index (κ2) is 8.22. The van der Waals surface area contributed by atoms with Crippen molar-refractivity contribution in [2.45, 2.75) is 25.4 Å². The fourth-order valence-electron chi connectivity index (χ4n) is 3.10. The summed E-state index contributed by atoms with van der Waals surface area (Å²) in [6, 6.07) is 18.8. The molecule has 3 aromatic rings. The van der Waals surface area contributed by atoms with Crippen molar-refractivity contribution in [1.29, 1.82) is 0 Å². The van der Waals surface area contributed by atoms with E-state index in [0.29, 0.717) is 0 Å². The van der Waals surface area contributed by atoms with Gasteiger partial charge in [0, 0.05) is 5.41 Å². The van der Waals surface area contributed by atoms with E-state index in [2.05, 4.69) is 13.8 Å². The normalized spacial score (nSPS) is 11.8. The Hall–Kier alpha value is -3.28. The summed E-state index contributed by atoms with van der Waals surface area (Å²) in [5, 5.41) is 0. The number of methoxy groups -OCH3 is 1. The minimum absolute atomic E-state index is 0.160. The minimum atomic E-state index is -4.52. The molecule has 0 aliphatic heterocycles. The molecular formula is C24H21F3O3. The molecule has 30 heavy (non-hydrogen) atoms. The predicted molar refractivity (Wildman–Crippen MR) is 108 cm³/mol. The van der Waals surface area contributed by atoms with Crippen molar-refractivity contribution < 1.29 is 27.4 Å². The molecule has 0 spiro atoms. The van der Waals surface area contributed by atoms with Crippen LogP contribution in [-0.2, 0) is 11.6 Å². The van der Waals surface area contributed by atoms with Gasteiger partial charge in [0.15, 0.2) is 0 Å². The van der Waals surface area contributed by atoms with Gasteiger partial charge in [-0.3, -0.25) is 0 Å². The lowest BCUT2D eigenvalue weighted by atomic mass is 9.78. The van der Waals surface area contributed by atoms with E-state index in [1.807, 2.05) is 36.4 Å². The Morgan fingerprint density at radius 2 is 1.30 bits per heavy atom. The maximum absolute atomic E-state index is 12.8. The maximum Gasteiger partial charge on any atom is 0.416 e. The summed E-state index contributed by atoms with van der Waals surface area (Å²) < 4.78 is 49.0. The van der Waals surface area contributed by atoms with Crippen molar-refractivity contribution in [2.75, 3.05) is 7.11 Å². The van der Waals surface area contributed by atoms with Crippen molar-refractivity contribution in [2.24, 2.45) is 0 Å². The van der Waals surface area contributed by atoms with Gasteiger partial charge >= 0.3 is 12.1 Å². The summed E-state index contributed by atoms with van der Waals surface area (Å²) in [6.07, 6.45) is -4.52. The van der Waals surface area contributed by atoms with Crippen LogP contribution in [0.2, 0.25) is 0 Å². The van der Waals surface area contributed by atoms with Gasteiger partial charge in [-0.25, -0.2) is 4.79 Å². The number of hydrogen-bond donors (Lipinski definition) is 0. The molecular weight excluding hydrogens is 393 g/mol. The van der Waals surface area contributed by atoms with Gasteiger partial charge in [0.1, 0.15) is 11.5 Å². The number of esters is 1. The molecule has 0 aromatic heterocycles. The molecule has 3 aromatic carbocycles. The smallest absolute Gasteiger partial charge is 0.416 e. The van der Waals surface area contributed by atoms with Crippen LogP contribution in [0.25, 0.3) is 0 Å². The molecule has 0 saturated carbocycles. The van der Waals surface area contributed by atoms with Crippen molar-refractivity contribution in [1.82, 2.24) is 0 Å². The Labute approximate surface area is 173 Å². The average Bonchev–Trinajstić information content (AvgIpc) is 2.73. The van der Waals surface area contributed by atoms with Gasteiger partial charge in [0.25, 0.3) is 0 Å². The quantitative estimate of drug-likeness (QED) is 0.365. The van der Waals surface area contributed by atoms with Gasteiger partial charge in [0.2, 0.25) is 0 Å². The third kappa shape index (κ3) is 4.64. The average molecular weight is 414 g/mol. The predicted octanol–water partition coefficient (Wildman–Crippen LogP) is 6.26. The summed E-state index contributed by atoms with van der Waals surface area (Å²) >= 11 is 0. The summed E-state index contributed by atoms with van der Waals surface area (Å²) in [6.45, 7) is 4.14. The third-order valence-corrected chi connectivity index (χ3v) is 5.02. The number of hydrogen-bond acceptors (Lipinski definition) is 3. The number of halogens is 3. The summed E-state index contributed by atoms with van der Waals surface area (Å²) in [5.74, 6) is 0.182. The second-order valence-electron chi connectivity index (χ2n) is 7.35. The molecule has 0 bridgehead atoms. The van der Waals surface area contributed by atoms with Gasteiger partial charge < -0.3 is 9.47 Å². The van der Waals surface area contributed by atoms with Crippen molar-refractivity contribution in [3.8, 4) is 11.5 Å². The number of carbonyl (C=O) groups excluding carboxylic acids is 1.